The highest BCUT2D eigenvalue weighted by Crippen LogP contribution is 2.23. The highest BCUT2D eigenvalue weighted by Gasteiger charge is 2.44. The molecule has 2 unspecified atom stereocenters. The van der Waals surface area contributed by atoms with Crippen molar-refractivity contribution in [2.75, 3.05) is 19.8 Å². The lowest BCUT2D eigenvalue weighted by molar-refractivity contribution is -0.305. The maximum Gasteiger partial charge on any atom is 0.306 e. The number of hydrogen-bond donors (Lipinski definition) is 4. The molecule has 0 aromatic carbocycles. The summed E-state index contributed by atoms with van der Waals surface area (Å²) in [7, 11) is 0. The van der Waals surface area contributed by atoms with E-state index in [1.165, 1.54) is 148 Å². The van der Waals surface area contributed by atoms with Crippen molar-refractivity contribution in [1.82, 2.24) is 0 Å². The van der Waals surface area contributed by atoms with Crippen molar-refractivity contribution < 1.29 is 49.0 Å². The van der Waals surface area contributed by atoms with Crippen LogP contribution in [0.25, 0.3) is 0 Å². The summed E-state index contributed by atoms with van der Waals surface area (Å²) in [6.45, 7) is 3.41. The Kier molecular flexibility index (Phi) is 37.7. The number of rotatable bonds is 41. The molecule has 0 bridgehead atoms. The SMILES string of the molecule is CCCCCCCCCCC/C=C/C/C=C/CCCC(=O)O[C@@H](COC(=O)CCCCCCCCCCCCCCCCCCC)CO[C@H]1O[C@@H](CO)[C@@H](O)C(O)C1O. The van der Waals surface area contributed by atoms with E-state index in [1.807, 2.05) is 0 Å². The fraction of sp³-hybridized carbons (Fsp3) is 0.878. The zero-order valence-corrected chi connectivity index (χ0v) is 37.8. The minimum atomic E-state index is -1.60. The van der Waals surface area contributed by atoms with Crippen LogP contribution in [-0.2, 0) is 28.5 Å². The molecule has 1 rings (SSSR count). The third-order valence-electron chi connectivity index (χ3n) is 11.3. The van der Waals surface area contributed by atoms with Gasteiger partial charge in [-0.3, -0.25) is 9.59 Å². The molecule has 1 aliphatic rings. The summed E-state index contributed by atoms with van der Waals surface area (Å²) in [4.78, 5) is 25.4. The molecule has 10 heteroatoms. The molecule has 0 amide bonds. The Morgan fingerprint density at radius 2 is 0.966 bits per heavy atom. The average Bonchev–Trinajstić information content (AvgIpc) is 3.23. The van der Waals surface area contributed by atoms with Crippen molar-refractivity contribution >= 4 is 11.9 Å². The molecule has 10 nitrogen and oxygen atoms in total. The molecule has 0 aromatic heterocycles. The van der Waals surface area contributed by atoms with E-state index in [1.54, 1.807) is 0 Å². The number of aliphatic hydroxyl groups excluding tert-OH is 4. The largest absolute Gasteiger partial charge is 0.462 e. The molecular weight excluding hydrogens is 749 g/mol. The maximum absolute atomic E-state index is 12.8. The van der Waals surface area contributed by atoms with Gasteiger partial charge in [-0.1, -0.05) is 192 Å². The molecule has 1 aliphatic heterocycles. The minimum Gasteiger partial charge on any atom is -0.462 e. The lowest BCUT2D eigenvalue weighted by Gasteiger charge is -2.39. The van der Waals surface area contributed by atoms with Crippen molar-refractivity contribution in [1.29, 1.82) is 0 Å². The third kappa shape index (κ3) is 31.7. The van der Waals surface area contributed by atoms with Crippen LogP contribution in [0.4, 0.5) is 0 Å². The molecule has 1 saturated heterocycles. The van der Waals surface area contributed by atoms with Gasteiger partial charge in [-0.15, -0.1) is 0 Å². The van der Waals surface area contributed by atoms with E-state index < -0.39 is 49.4 Å². The van der Waals surface area contributed by atoms with Crippen LogP contribution in [0.5, 0.6) is 0 Å². The molecule has 0 aliphatic carbocycles. The summed E-state index contributed by atoms with van der Waals surface area (Å²) >= 11 is 0. The van der Waals surface area contributed by atoms with Gasteiger partial charge in [0, 0.05) is 12.8 Å². The van der Waals surface area contributed by atoms with Gasteiger partial charge < -0.3 is 39.4 Å². The van der Waals surface area contributed by atoms with E-state index in [9.17, 15) is 30.0 Å². The molecule has 0 radical (unpaired) electrons. The molecule has 0 spiro atoms. The second-order valence-electron chi connectivity index (χ2n) is 16.9. The maximum atomic E-state index is 12.8. The van der Waals surface area contributed by atoms with Crippen LogP contribution in [0, 0.1) is 0 Å². The molecule has 59 heavy (non-hydrogen) atoms. The first-order valence-electron chi connectivity index (χ1n) is 24.4. The van der Waals surface area contributed by atoms with Crippen molar-refractivity contribution in [3.8, 4) is 0 Å². The number of carbonyl (C=O) groups is 2. The number of aliphatic hydroxyl groups is 4. The van der Waals surface area contributed by atoms with Gasteiger partial charge in [0.05, 0.1) is 13.2 Å². The lowest BCUT2D eigenvalue weighted by Crippen LogP contribution is -2.59. The van der Waals surface area contributed by atoms with Crippen LogP contribution in [0.3, 0.4) is 0 Å². The Hall–Kier alpha value is -1.82. The van der Waals surface area contributed by atoms with Gasteiger partial charge in [0.15, 0.2) is 12.4 Å². The molecule has 346 valence electrons. The minimum absolute atomic E-state index is 0.169. The van der Waals surface area contributed by atoms with Crippen LogP contribution in [-0.4, -0.2) is 89.0 Å². The number of allylic oxidation sites excluding steroid dienone is 4. The van der Waals surface area contributed by atoms with Crippen LogP contribution in [0.15, 0.2) is 24.3 Å². The van der Waals surface area contributed by atoms with E-state index in [2.05, 4.69) is 38.2 Å². The van der Waals surface area contributed by atoms with E-state index in [0.29, 0.717) is 6.42 Å². The quantitative estimate of drug-likeness (QED) is 0.0266. The van der Waals surface area contributed by atoms with E-state index >= 15 is 0 Å². The predicted molar refractivity (Wildman–Crippen MR) is 238 cm³/mol. The van der Waals surface area contributed by atoms with Crippen molar-refractivity contribution in [2.45, 2.75) is 256 Å². The fourth-order valence-electron chi connectivity index (χ4n) is 7.46. The van der Waals surface area contributed by atoms with Crippen LogP contribution < -0.4 is 0 Å². The van der Waals surface area contributed by atoms with E-state index in [-0.39, 0.29) is 32.0 Å². The van der Waals surface area contributed by atoms with Gasteiger partial charge in [-0.25, -0.2) is 0 Å². The van der Waals surface area contributed by atoms with Gasteiger partial charge in [-0.05, 0) is 38.5 Å². The first-order valence-corrected chi connectivity index (χ1v) is 24.4. The molecule has 6 atom stereocenters. The summed E-state index contributed by atoms with van der Waals surface area (Å²) in [5, 5.41) is 40.1. The van der Waals surface area contributed by atoms with E-state index in [0.717, 1.165) is 38.5 Å². The fourth-order valence-corrected chi connectivity index (χ4v) is 7.46. The number of hydrogen-bond acceptors (Lipinski definition) is 10. The normalized spacial score (nSPS) is 20.1. The van der Waals surface area contributed by atoms with Crippen molar-refractivity contribution in [3.05, 3.63) is 24.3 Å². The summed E-state index contributed by atoms with van der Waals surface area (Å²) in [5.74, 6) is -0.849. The molecule has 1 heterocycles. The predicted octanol–water partition coefficient (Wildman–Crippen LogP) is 10.9. The first-order chi connectivity index (χ1) is 28.8. The molecule has 0 aromatic rings. The third-order valence-corrected chi connectivity index (χ3v) is 11.3. The average molecular weight is 839 g/mol. The zero-order valence-electron chi connectivity index (χ0n) is 37.8. The topological polar surface area (TPSA) is 152 Å². The van der Waals surface area contributed by atoms with Gasteiger partial charge in [0.2, 0.25) is 0 Å². The highest BCUT2D eigenvalue weighted by atomic mass is 16.7. The Bertz CT molecular complexity index is 1020. The summed E-state index contributed by atoms with van der Waals surface area (Å²) < 4.78 is 22.2. The van der Waals surface area contributed by atoms with Crippen LogP contribution >= 0.6 is 0 Å². The van der Waals surface area contributed by atoms with Gasteiger partial charge in [0.25, 0.3) is 0 Å². The smallest absolute Gasteiger partial charge is 0.306 e. The molecule has 4 N–H and O–H groups in total. The summed E-state index contributed by atoms with van der Waals surface area (Å²) in [5.41, 5.74) is 0. The van der Waals surface area contributed by atoms with Gasteiger partial charge >= 0.3 is 11.9 Å². The number of esters is 2. The van der Waals surface area contributed by atoms with Crippen LogP contribution in [0.1, 0.15) is 219 Å². The van der Waals surface area contributed by atoms with Gasteiger partial charge in [-0.2, -0.15) is 0 Å². The Balaban J connectivity index is 2.31. The van der Waals surface area contributed by atoms with Crippen LogP contribution in [0.2, 0.25) is 0 Å². The Morgan fingerprint density at radius 1 is 0.525 bits per heavy atom. The van der Waals surface area contributed by atoms with Gasteiger partial charge in [0.1, 0.15) is 31.0 Å². The molecule has 0 saturated carbocycles. The Morgan fingerprint density at radius 3 is 1.46 bits per heavy atom. The number of ether oxygens (including phenoxy) is 4. The van der Waals surface area contributed by atoms with E-state index in [4.69, 9.17) is 18.9 Å². The first kappa shape index (κ1) is 55.2. The van der Waals surface area contributed by atoms with Crippen molar-refractivity contribution in [2.24, 2.45) is 0 Å². The zero-order chi connectivity index (χ0) is 43.0. The number of carbonyl (C=O) groups excluding carboxylic acids is 2. The number of unbranched alkanes of at least 4 members (excludes halogenated alkanes) is 26. The Labute approximate surface area is 360 Å². The molecular formula is C49H90O10. The second-order valence-corrected chi connectivity index (χ2v) is 16.9. The summed E-state index contributed by atoms with van der Waals surface area (Å²) in [6.07, 6.45) is 37.6. The summed E-state index contributed by atoms with van der Waals surface area (Å²) in [6, 6.07) is 0. The second kappa shape index (κ2) is 40.3. The monoisotopic (exact) mass is 839 g/mol. The molecule has 1 fully saturated rings. The lowest BCUT2D eigenvalue weighted by atomic mass is 9.99. The van der Waals surface area contributed by atoms with Crippen molar-refractivity contribution in [3.63, 3.8) is 0 Å². The highest BCUT2D eigenvalue weighted by molar-refractivity contribution is 5.70. The standard InChI is InChI=1S/C49H90O10/c1-3-5-7-9-11-13-15-17-19-21-23-25-27-29-31-33-35-37-44(51)56-40-42(41-57-49-48(55)47(54)46(53)43(39-50)59-49)58-45(52)38-36-34-32-30-28-26-24-22-20-18-16-14-12-10-8-6-4-2/h24,26,30,32,42-43,46-50,53-55H,3-23,25,27-29,31,33-41H2,1-2H3/b26-24+,32-30+/t42-,43-,46+,47?,48?,49-/m0/s1.